The zero-order valence-corrected chi connectivity index (χ0v) is 13.3. The lowest BCUT2D eigenvalue weighted by Gasteiger charge is -2.05. The van der Waals surface area contributed by atoms with Crippen LogP contribution in [0, 0.1) is 6.92 Å². The molecule has 1 aromatic heterocycles. The van der Waals surface area contributed by atoms with E-state index in [1.165, 1.54) is 13.0 Å². The van der Waals surface area contributed by atoms with Crippen LogP contribution in [0.25, 0.3) is 0 Å². The molecule has 0 aliphatic carbocycles. The molecule has 5 nitrogen and oxygen atoms in total. The van der Waals surface area contributed by atoms with Gasteiger partial charge in [-0.2, -0.15) is 8.42 Å². The van der Waals surface area contributed by atoms with Crippen LogP contribution in [-0.4, -0.2) is 14.3 Å². The van der Waals surface area contributed by atoms with Gasteiger partial charge in [-0.05, 0) is 31.2 Å². The number of nitrogens with one attached hydrogen (secondary N) is 1. The number of amides is 1. The van der Waals surface area contributed by atoms with Crippen molar-refractivity contribution >= 4 is 27.4 Å². The summed E-state index contributed by atoms with van der Waals surface area (Å²) >= 11 is 1.08. The maximum Gasteiger partial charge on any atom is 0.348 e. The van der Waals surface area contributed by atoms with Gasteiger partial charge < -0.3 is 9.50 Å². The van der Waals surface area contributed by atoms with Crippen molar-refractivity contribution in [3.8, 4) is 5.75 Å². The second-order valence-corrected chi connectivity index (χ2v) is 7.42. The van der Waals surface area contributed by atoms with Gasteiger partial charge in [0.1, 0.15) is 5.75 Å². The summed E-state index contributed by atoms with van der Waals surface area (Å²) in [5.74, 6) is 0.112. The lowest BCUT2D eigenvalue weighted by Crippen LogP contribution is -2.18. The van der Waals surface area contributed by atoms with Gasteiger partial charge in [0.2, 0.25) is 5.91 Å². The summed E-state index contributed by atoms with van der Waals surface area (Å²) in [5, 5.41) is 2.62. The van der Waals surface area contributed by atoms with E-state index in [1.54, 1.807) is 30.3 Å². The first-order valence-electron chi connectivity index (χ1n) is 6.21. The van der Waals surface area contributed by atoms with Gasteiger partial charge in [0, 0.05) is 11.8 Å². The molecule has 0 unspecified atom stereocenters. The molecule has 0 saturated heterocycles. The van der Waals surface area contributed by atoms with E-state index in [9.17, 15) is 13.2 Å². The number of carbonyl (C=O) groups is 1. The van der Waals surface area contributed by atoms with Crippen LogP contribution in [0.2, 0.25) is 0 Å². The molecule has 7 heteroatoms. The average molecular weight is 325 g/mol. The van der Waals surface area contributed by atoms with Gasteiger partial charge in [0.25, 0.3) is 0 Å². The van der Waals surface area contributed by atoms with Gasteiger partial charge >= 0.3 is 10.1 Å². The Balaban J connectivity index is 2.12. The van der Waals surface area contributed by atoms with Crippen molar-refractivity contribution in [2.75, 3.05) is 0 Å². The molecule has 0 saturated carbocycles. The van der Waals surface area contributed by atoms with Gasteiger partial charge in [-0.15, -0.1) is 11.3 Å². The van der Waals surface area contributed by atoms with Crippen molar-refractivity contribution in [2.24, 2.45) is 0 Å². The second kappa shape index (κ2) is 6.28. The topological polar surface area (TPSA) is 72.5 Å². The predicted molar refractivity (Wildman–Crippen MR) is 80.8 cm³/mol. The lowest BCUT2D eigenvalue weighted by molar-refractivity contribution is -0.119. The van der Waals surface area contributed by atoms with E-state index in [1.807, 2.05) is 6.92 Å². The Morgan fingerprint density at radius 1 is 1.19 bits per heavy atom. The Kier molecular flexibility index (Phi) is 4.64. The quantitative estimate of drug-likeness (QED) is 0.857. The normalized spacial score (nSPS) is 11.1. The van der Waals surface area contributed by atoms with Crippen LogP contribution in [0.5, 0.6) is 5.75 Å². The van der Waals surface area contributed by atoms with Gasteiger partial charge in [0.15, 0.2) is 4.21 Å². The van der Waals surface area contributed by atoms with E-state index in [0.29, 0.717) is 6.54 Å². The van der Waals surface area contributed by atoms with Crippen LogP contribution in [0.4, 0.5) is 0 Å². The number of benzene rings is 1. The first-order valence-corrected chi connectivity index (χ1v) is 8.43. The third kappa shape index (κ3) is 4.30. The molecule has 112 valence electrons. The Morgan fingerprint density at radius 2 is 1.86 bits per heavy atom. The van der Waals surface area contributed by atoms with Crippen LogP contribution < -0.4 is 9.50 Å². The summed E-state index contributed by atoms with van der Waals surface area (Å²) < 4.78 is 29.5. The molecule has 0 radical (unpaired) electrons. The smallest absolute Gasteiger partial charge is 0.348 e. The van der Waals surface area contributed by atoms with Crippen molar-refractivity contribution in [1.82, 2.24) is 5.32 Å². The van der Waals surface area contributed by atoms with E-state index in [-0.39, 0.29) is 15.9 Å². The minimum absolute atomic E-state index is 0.114. The summed E-state index contributed by atoms with van der Waals surface area (Å²) in [4.78, 5) is 11.6. The Morgan fingerprint density at radius 3 is 2.48 bits per heavy atom. The maximum absolute atomic E-state index is 12.1. The summed E-state index contributed by atoms with van der Waals surface area (Å²) in [6.07, 6.45) is 0. The number of hydrogen-bond acceptors (Lipinski definition) is 5. The fraction of sp³-hybridized carbons (Fsp3) is 0.214. The highest BCUT2D eigenvalue weighted by Gasteiger charge is 2.19. The first-order chi connectivity index (χ1) is 9.87. The molecule has 1 amide bonds. The molecule has 0 spiro atoms. The number of hydrogen-bond donors (Lipinski definition) is 1. The number of rotatable bonds is 5. The van der Waals surface area contributed by atoms with Gasteiger partial charge in [-0.3, -0.25) is 4.79 Å². The van der Waals surface area contributed by atoms with Gasteiger partial charge in [-0.25, -0.2) is 0 Å². The summed E-state index contributed by atoms with van der Waals surface area (Å²) in [5.41, 5.74) is 1.02. The highest BCUT2D eigenvalue weighted by Crippen LogP contribution is 2.25. The van der Waals surface area contributed by atoms with E-state index in [4.69, 9.17) is 4.18 Å². The Hall–Kier alpha value is -1.86. The third-order valence-corrected chi connectivity index (χ3v) is 5.40. The molecule has 1 N–H and O–H groups in total. The third-order valence-electron chi connectivity index (χ3n) is 2.62. The molecular weight excluding hydrogens is 310 g/mol. The molecule has 0 aliphatic rings. The molecule has 0 fully saturated rings. The van der Waals surface area contributed by atoms with Crippen molar-refractivity contribution in [3.05, 3.63) is 46.8 Å². The fourth-order valence-electron chi connectivity index (χ4n) is 1.56. The van der Waals surface area contributed by atoms with E-state index < -0.39 is 10.1 Å². The van der Waals surface area contributed by atoms with Crippen molar-refractivity contribution in [3.63, 3.8) is 0 Å². The minimum atomic E-state index is -3.84. The van der Waals surface area contributed by atoms with Crippen LogP contribution >= 0.6 is 11.3 Å². The summed E-state index contributed by atoms with van der Waals surface area (Å²) in [6, 6.07) is 9.91. The molecule has 1 heterocycles. The second-order valence-electron chi connectivity index (χ2n) is 4.48. The lowest BCUT2D eigenvalue weighted by atomic mass is 10.2. The molecule has 0 aliphatic heterocycles. The Labute approximate surface area is 127 Å². The zero-order chi connectivity index (χ0) is 15.5. The monoisotopic (exact) mass is 325 g/mol. The van der Waals surface area contributed by atoms with Crippen LogP contribution in [0.1, 0.15) is 17.4 Å². The standard InChI is InChI=1S/C14H15NO4S2/c1-10-3-5-12(6-4-10)19-21(17,18)14-8-7-13(20-14)9-15-11(2)16/h3-8H,9H2,1-2H3,(H,15,16). The summed E-state index contributed by atoms with van der Waals surface area (Å²) in [6.45, 7) is 3.62. The highest BCUT2D eigenvalue weighted by atomic mass is 32.3. The van der Waals surface area contributed by atoms with Crippen molar-refractivity contribution in [1.29, 1.82) is 0 Å². The van der Waals surface area contributed by atoms with Crippen LogP contribution in [-0.2, 0) is 21.5 Å². The van der Waals surface area contributed by atoms with Gasteiger partial charge in [0.05, 0.1) is 6.54 Å². The van der Waals surface area contributed by atoms with Gasteiger partial charge in [-0.1, -0.05) is 17.7 Å². The van der Waals surface area contributed by atoms with E-state index in [0.717, 1.165) is 21.8 Å². The maximum atomic E-state index is 12.1. The number of aryl methyl sites for hydroxylation is 1. The van der Waals surface area contributed by atoms with Crippen molar-refractivity contribution in [2.45, 2.75) is 24.6 Å². The van der Waals surface area contributed by atoms with Crippen LogP contribution in [0.15, 0.2) is 40.6 Å². The number of thiophene rings is 1. The van der Waals surface area contributed by atoms with Crippen LogP contribution in [0.3, 0.4) is 0 Å². The van der Waals surface area contributed by atoms with E-state index in [2.05, 4.69) is 5.32 Å². The largest absolute Gasteiger partial charge is 0.378 e. The molecule has 1 aromatic carbocycles. The number of carbonyl (C=O) groups excluding carboxylic acids is 1. The molecule has 0 atom stereocenters. The van der Waals surface area contributed by atoms with E-state index >= 15 is 0 Å². The molecular formula is C14H15NO4S2. The molecule has 2 rings (SSSR count). The minimum Gasteiger partial charge on any atom is -0.378 e. The molecule has 21 heavy (non-hydrogen) atoms. The average Bonchev–Trinajstić information content (AvgIpc) is 2.88. The van der Waals surface area contributed by atoms with Crippen molar-refractivity contribution < 1.29 is 17.4 Å². The predicted octanol–water partition coefficient (Wildman–Crippen LogP) is 2.46. The first kappa shape index (κ1) is 15.5. The molecule has 0 bridgehead atoms. The summed E-state index contributed by atoms with van der Waals surface area (Å²) in [7, 11) is -3.84. The zero-order valence-electron chi connectivity index (χ0n) is 11.6. The molecule has 2 aromatic rings. The highest BCUT2D eigenvalue weighted by molar-refractivity contribution is 7.89. The SMILES string of the molecule is CC(=O)NCc1ccc(S(=O)(=O)Oc2ccc(C)cc2)s1. The fourth-order valence-corrected chi connectivity index (χ4v) is 3.75. The Bertz CT molecular complexity index is 733.